The molecule has 16 heteroatoms. The number of carbonyl (C=O) groups excluding carboxylic acids is 8. The third kappa shape index (κ3) is 9.89. The zero-order chi connectivity index (χ0) is 70.9. The van der Waals surface area contributed by atoms with Crippen molar-refractivity contribution in [2.75, 3.05) is 20.3 Å². The van der Waals surface area contributed by atoms with E-state index in [0.717, 1.165) is 0 Å². The third-order valence-electron chi connectivity index (χ3n) is 21.7. The number of imide groups is 4. The molecule has 0 radical (unpaired) electrons. The van der Waals surface area contributed by atoms with E-state index in [9.17, 15) is 5.11 Å². The molecular formula is C83H86N4O12. The number of hydrogen-bond donors (Lipinski definition) is 1. The molecule has 0 unspecified atom stereocenters. The van der Waals surface area contributed by atoms with Crippen LogP contribution in [0, 0.1) is 11.8 Å². The van der Waals surface area contributed by atoms with Crippen LogP contribution in [-0.2, 0) is 4.74 Å². The molecule has 0 atom stereocenters. The predicted octanol–water partition coefficient (Wildman–Crippen LogP) is 17.1. The number of nitrogens with zero attached hydrogens (tertiary/aromatic N) is 4. The molecule has 0 saturated carbocycles. The van der Waals surface area contributed by atoms with Gasteiger partial charge in [0.25, 0.3) is 47.3 Å². The van der Waals surface area contributed by atoms with Gasteiger partial charge in [-0.15, -0.1) is 0 Å². The molecule has 0 bridgehead atoms. The number of aliphatic hydroxyl groups excluding tert-OH is 1. The first kappa shape index (κ1) is 68.0. The van der Waals surface area contributed by atoms with Crippen molar-refractivity contribution in [3.05, 3.63) is 128 Å². The smallest absolute Gasteiger partial charge is 0.261 e. The van der Waals surface area contributed by atoms with E-state index in [-0.39, 0.29) is 35.3 Å². The van der Waals surface area contributed by atoms with Gasteiger partial charge in [-0.2, -0.15) is 0 Å². The fourth-order valence-electron chi connectivity index (χ4n) is 16.7. The molecule has 99 heavy (non-hydrogen) atoms. The number of fused-ring (bicyclic) bond motifs is 4. The highest BCUT2D eigenvalue weighted by molar-refractivity contribution is 6.45. The minimum Gasteiger partial charge on any atom is -0.487 e. The van der Waals surface area contributed by atoms with Crippen LogP contribution >= 0.6 is 0 Å². The van der Waals surface area contributed by atoms with Crippen LogP contribution in [0.25, 0.3) is 86.2 Å². The van der Waals surface area contributed by atoms with Crippen LogP contribution in [0.4, 0.5) is 0 Å². The highest BCUT2D eigenvalue weighted by Gasteiger charge is 2.45. The van der Waals surface area contributed by atoms with E-state index in [4.69, 9.17) is 14.2 Å². The average Bonchev–Trinajstić information content (AvgIpc) is 0.685. The first-order valence-electron chi connectivity index (χ1n) is 35.6. The summed E-state index contributed by atoms with van der Waals surface area (Å²) in [5.41, 5.74) is 1.16. The zero-order valence-corrected chi connectivity index (χ0v) is 59.4. The van der Waals surface area contributed by atoms with Crippen molar-refractivity contribution in [2.24, 2.45) is 0 Å². The number of methoxy groups -OCH3 is 1. The highest BCUT2D eigenvalue weighted by atomic mass is 16.5. The van der Waals surface area contributed by atoms with Gasteiger partial charge in [-0.25, -0.2) is 0 Å². The van der Waals surface area contributed by atoms with Crippen LogP contribution in [-0.4, -0.2) is 128 Å². The lowest BCUT2D eigenvalue weighted by Gasteiger charge is -2.36. The number of rotatable bonds is 21. The molecule has 16 nitrogen and oxygen atoms in total. The van der Waals surface area contributed by atoms with Crippen molar-refractivity contribution in [1.82, 2.24) is 19.6 Å². The van der Waals surface area contributed by atoms with Crippen LogP contribution in [0.1, 0.15) is 255 Å². The summed E-state index contributed by atoms with van der Waals surface area (Å²) in [6.07, 6.45) is 4.81. The lowest BCUT2D eigenvalue weighted by atomic mass is 9.79. The molecule has 1 N–H and O–H groups in total. The number of aliphatic hydroxyl groups is 1. The van der Waals surface area contributed by atoms with Crippen molar-refractivity contribution in [2.45, 2.75) is 197 Å². The molecule has 14 rings (SSSR count). The normalized spacial score (nSPS) is 14.9. The van der Waals surface area contributed by atoms with Crippen molar-refractivity contribution in [3.8, 4) is 23.3 Å². The van der Waals surface area contributed by atoms with Crippen molar-refractivity contribution >= 4 is 133 Å². The molecule has 0 aromatic heterocycles. The van der Waals surface area contributed by atoms with Crippen LogP contribution < -0.4 is 9.47 Å². The Labute approximate surface area is 576 Å². The summed E-state index contributed by atoms with van der Waals surface area (Å²) in [4.78, 5) is 128. The monoisotopic (exact) mass is 1330 g/mol. The van der Waals surface area contributed by atoms with E-state index in [1.807, 2.05) is 121 Å². The topological polar surface area (TPSA) is 197 Å². The molecule has 0 fully saturated rings. The molecule has 10 aromatic carbocycles. The Morgan fingerprint density at radius 3 is 0.879 bits per heavy atom. The summed E-state index contributed by atoms with van der Waals surface area (Å²) in [7, 11) is 1.62. The van der Waals surface area contributed by atoms with E-state index in [2.05, 4.69) is 11.8 Å². The summed E-state index contributed by atoms with van der Waals surface area (Å²) in [5.74, 6) is 4.25. The van der Waals surface area contributed by atoms with Crippen molar-refractivity contribution in [1.29, 1.82) is 0 Å². The fraction of sp³-hybridized carbons (Fsp3) is 0.398. The fourth-order valence-corrected chi connectivity index (χ4v) is 16.7. The number of benzene rings is 10. The Morgan fingerprint density at radius 1 is 0.354 bits per heavy atom. The molecule has 0 saturated heterocycles. The maximum Gasteiger partial charge on any atom is 0.261 e. The maximum absolute atomic E-state index is 15.7. The van der Waals surface area contributed by atoms with Crippen molar-refractivity contribution < 1.29 is 57.7 Å². The van der Waals surface area contributed by atoms with Gasteiger partial charge in [-0.3, -0.25) is 58.0 Å². The maximum atomic E-state index is 15.7. The lowest BCUT2D eigenvalue weighted by Crippen LogP contribution is -2.46. The van der Waals surface area contributed by atoms with E-state index < -0.39 is 82.6 Å². The Morgan fingerprint density at radius 2 is 0.606 bits per heavy atom. The van der Waals surface area contributed by atoms with Crippen LogP contribution in [0.3, 0.4) is 0 Å². The largest absolute Gasteiger partial charge is 0.487 e. The van der Waals surface area contributed by atoms with Gasteiger partial charge in [-0.05, 0) is 149 Å². The SMILES string of the molecule is CC.CCC(CC)N1C(=O)c2ccc3c4c(OC(C)(C)CCO)cc5c6c(ccc(c7c(C#Cc8cc9c%10c(ccc%11c%12c(OC(C)(C)CCOC)cc%13c%14c(ccc(c8c%10%11)c%14%12)C(=O)N(C(CC)CC)C%13=O)C(=O)N(C(CC)CC)C9=O)cc(c2c37)C1=O)c64)C(=O)N(C(CC)CC)C5=O. The van der Waals surface area contributed by atoms with E-state index in [0.29, 0.717) is 195 Å². The molecular weight excluding hydrogens is 1240 g/mol. The minimum absolute atomic E-state index is 0.201. The number of ether oxygens (including phenoxy) is 3. The Kier molecular flexibility index (Phi) is 17.4. The van der Waals surface area contributed by atoms with Gasteiger partial charge in [-0.1, -0.05) is 105 Å². The molecule has 0 aliphatic carbocycles. The molecule has 10 aromatic rings. The molecule has 8 amide bonds. The summed E-state index contributed by atoms with van der Waals surface area (Å²) in [6, 6.07) is 19.7. The van der Waals surface area contributed by atoms with Gasteiger partial charge >= 0.3 is 0 Å². The van der Waals surface area contributed by atoms with Gasteiger partial charge in [0.05, 0.1) is 11.1 Å². The Balaban J connectivity index is 0.00000436. The van der Waals surface area contributed by atoms with Crippen LogP contribution in [0.2, 0.25) is 0 Å². The Bertz CT molecular complexity index is 5230. The third-order valence-corrected chi connectivity index (χ3v) is 21.7. The lowest BCUT2D eigenvalue weighted by molar-refractivity contribution is 0.0512. The first-order chi connectivity index (χ1) is 47.5. The molecule has 0 spiro atoms. The number of hydrogen-bond acceptors (Lipinski definition) is 12. The van der Waals surface area contributed by atoms with Gasteiger partial charge in [0.15, 0.2) is 0 Å². The van der Waals surface area contributed by atoms with E-state index >= 15 is 38.4 Å². The predicted molar refractivity (Wildman–Crippen MR) is 390 cm³/mol. The second kappa shape index (κ2) is 25.3. The van der Waals surface area contributed by atoms with Gasteiger partial charge < -0.3 is 19.3 Å². The highest BCUT2D eigenvalue weighted by Crippen LogP contribution is 2.54. The van der Waals surface area contributed by atoms with Crippen LogP contribution in [0.15, 0.2) is 72.8 Å². The summed E-state index contributed by atoms with van der Waals surface area (Å²) < 4.78 is 19.8. The minimum atomic E-state index is -0.990. The Hall–Kier alpha value is -9.56. The van der Waals surface area contributed by atoms with Gasteiger partial charge in [0.2, 0.25) is 0 Å². The van der Waals surface area contributed by atoms with E-state index in [1.54, 1.807) is 55.6 Å². The van der Waals surface area contributed by atoms with Gasteiger partial charge in [0.1, 0.15) is 22.7 Å². The summed E-state index contributed by atoms with van der Waals surface area (Å²) in [5, 5.41) is 18.7. The van der Waals surface area contributed by atoms with Crippen LogP contribution in [0.5, 0.6) is 11.5 Å². The molecule has 4 aliphatic rings. The standard InChI is InChI=1S/C81H80N4O12.C2H6/c1-14-42(15-2)82-72(87)50-30-26-48-66-58(96-80(9,10)32-34-86)38-56-64-52(74(89)84(78(56)93)44(18-5)19-6)28-24-46(70(64)66)60-40(36-54(76(82)91)62(50)68(48)60)22-23-41-37-55-63-51(73(88)83(77(55)92)43(16-3)17-4)31-27-49-67-59(97-81(11,12)33-35-95-13)39-57-65-53(29-25-47(71(65)67)61(41)69(49)63)75(90)85(79(57)94)45(20-7)21-8;1-2/h24-31,36-39,42-45,86H,14-21,32-35H2,1-13H3;1-2H3. The quantitative estimate of drug-likeness (QED) is 0.0310. The van der Waals surface area contributed by atoms with Gasteiger partial charge in [0, 0.05) is 166 Å². The summed E-state index contributed by atoms with van der Waals surface area (Å²) in [6.45, 7) is 27.4. The zero-order valence-electron chi connectivity index (χ0n) is 59.4. The molecule has 510 valence electrons. The van der Waals surface area contributed by atoms with E-state index in [1.165, 1.54) is 19.6 Å². The second-order valence-electron chi connectivity index (χ2n) is 27.9. The van der Waals surface area contributed by atoms with Crippen molar-refractivity contribution in [3.63, 3.8) is 0 Å². The average molecular weight is 1330 g/mol. The summed E-state index contributed by atoms with van der Waals surface area (Å²) >= 11 is 0. The number of amides is 8. The second-order valence-corrected chi connectivity index (χ2v) is 27.9. The number of carbonyl (C=O) groups is 8. The first-order valence-corrected chi connectivity index (χ1v) is 35.6. The molecule has 4 heterocycles. The molecule has 4 aliphatic heterocycles.